The molecule has 2 aliphatic rings. The standard InChI is InChI=1S/C26H23N7O2/c1-16-11-17(4-7-22(16)35-19-8-10-33-23(12-19)28-15-30-33)31-26-24-20(27-14-29-26)5-6-21-25(24)34-13-18-3-2-9-32(18)21/h4-8,10-12,14-15,18H,2-3,9,13H2,1H3,(H,27,29,31). The predicted octanol–water partition coefficient (Wildman–Crippen LogP) is 4.88. The van der Waals surface area contributed by atoms with E-state index in [2.05, 4.69) is 42.4 Å². The molecular weight excluding hydrogens is 442 g/mol. The summed E-state index contributed by atoms with van der Waals surface area (Å²) in [6.07, 6.45) is 7.31. The van der Waals surface area contributed by atoms with E-state index in [4.69, 9.17) is 9.47 Å². The van der Waals surface area contributed by atoms with Gasteiger partial charge in [-0.2, -0.15) is 5.10 Å². The van der Waals surface area contributed by atoms with Crippen LogP contribution in [0.3, 0.4) is 0 Å². The van der Waals surface area contributed by atoms with Gasteiger partial charge in [-0.1, -0.05) is 0 Å². The molecule has 2 aromatic carbocycles. The minimum atomic E-state index is 0.460. The lowest BCUT2D eigenvalue weighted by Crippen LogP contribution is -2.38. The van der Waals surface area contributed by atoms with Gasteiger partial charge in [0.15, 0.2) is 11.4 Å². The van der Waals surface area contributed by atoms with Crippen LogP contribution in [0.2, 0.25) is 0 Å². The molecule has 3 aromatic heterocycles. The fraction of sp³-hybridized carbons (Fsp3) is 0.231. The second-order valence-electron chi connectivity index (χ2n) is 8.96. The van der Waals surface area contributed by atoms with Crippen molar-refractivity contribution in [2.45, 2.75) is 25.8 Å². The van der Waals surface area contributed by atoms with Crippen molar-refractivity contribution >= 4 is 33.7 Å². The number of aromatic nitrogens is 5. The van der Waals surface area contributed by atoms with E-state index in [0.29, 0.717) is 18.4 Å². The Balaban J connectivity index is 1.20. The summed E-state index contributed by atoms with van der Waals surface area (Å²) in [5.41, 5.74) is 4.64. The van der Waals surface area contributed by atoms with E-state index in [9.17, 15) is 0 Å². The monoisotopic (exact) mass is 465 g/mol. The molecule has 1 atom stereocenters. The summed E-state index contributed by atoms with van der Waals surface area (Å²) in [6.45, 7) is 3.78. The van der Waals surface area contributed by atoms with Crippen molar-refractivity contribution in [2.75, 3.05) is 23.4 Å². The van der Waals surface area contributed by atoms with Crippen LogP contribution >= 0.6 is 0 Å². The lowest BCUT2D eigenvalue weighted by Gasteiger charge is -2.34. The Bertz CT molecular complexity index is 1580. The van der Waals surface area contributed by atoms with Crippen molar-refractivity contribution in [2.24, 2.45) is 0 Å². The second-order valence-corrected chi connectivity index (χ2v) is 8.96. The van der Waals surface area contributed by atoms with Gasteiger partial charge in [-0.3, -0.25) is 0 Å². The Morgan fingerprint density at radius 1 is 1.06 bits per heavy atom. The number of ether oxygens (including phenoxy) is 2. The van der Waals surface area contributed by atoms with E-state index in [-0.39, 0.29) is 0 Å². The largest absolute Gasteiger partial charge is 0.488 e. The van der Waals surface area contributed by atoms with E-state index in [0.717, 1.165) is 57.3 Å². The number of fused-ring (bicyclic) bond motifs is 6. The van der Waals surface area contributed by atoms with Gasteiger partial charge in [0.1, 0.15) is 36.6 Å². The van der Waals surface area contributed by atoms with Crippen LogP contribution in [0.4, 0.5) is 17.2 Å². The summed E-state index contributed by atoms with van der Waals surface area (Å²) in [5, 5.41) is 8.51. The van der Waals surface area contributed by atoms with Gasteiger partial charge in [0.05, 0.1) is 22.6 Å². The van der Waals surface area contributed by atoms with Crippen LogP contribution in [0.1, 0.15) is 18.4 Å². The molecule has 2 aliphatic heterocycles. The molecule has 9 heteroatoms. The number of pyridine rings is 1. The van der Waals surface area contributed by atoms with E-state index >= 15 is 0 Å². The summed E-state index contributed by atoms with van der Waals surface area (Å²) < 4.78 is 14.1. The molecule has 1 saturated heterocycles. The van der Waals surface area contributed by atoms with Crippen molar-refractivity contribution in [1.29, 1.82) is 0 Å². The van der Waals surface area contributed by atoms with E-state index in [1.54, 1.807) is 10.8 Å². The van der Waals surface area contributed by atoms with Crippen molar-refractivity contribution < 1.29 is 9.47 Å². The van der Waals surface area contributed by atoms with Crippen LogP contribution in [0.5, 0.6) is 17.2 Å². The molecule has 5 heterocycles. The quantitative estimate of drug-likeness (QED) is 0.402. The Morgan fingerprint density at radius 2 is 2.03 bits per heavy atom. The highest BCUT2D eigenvalue weighted by atomic mass is 16.5. The molecule has 35 heavy (non-hydrogen) atoms. The molecule has 0 aliphatic carbocycles. The van der Waals surface area contributed by atoms with Crippen LogP contribution in [-0.4, -0.2) is 43.8 Å². The van der Waals surface area contributed by atoms with Crippen LogP contribution in [-0.2, 0) is 0 Å². The molecule has 7 rings (SSSR count). The van der Waals surface area contributed by atoms with Gasteiger partial charge in [0.2, 0.25) is 0 Å². The van der Waals surface area contributed by atoms with E-state index < -0.39 is 0 Å². The third kappa shape index (κ3) is 3.39. The van der Waals surface area contributed by atoms with Gasteiger partial charge in [-0.25, -0.2) is 19.5 Å². The van der Waals surface area contributed by atoms with Crippen molar-refractivity contribution in [3.63, 3.8) is 0 Å². The zero-order chi connectivity index (χ0) is 23.4. The van der Waals surface area contributed by atoms with Crippen molar-refractivity contribution in [3.05, 3.63) is 66.9 Å². The SMILES string of the molecule is Cc1cc(Nc2ncnc3ccc4c(c23)OCC2CCCN42)ccc1Oc1ccn2ncnc2c1. The predicted molar refractivity (Wildman–Crippen MR) is 133 cm³/mol. The maximum Gasteiger partial charge on any atom is 0.158 e. The maximum absolute atomic E-state index is 6.27. The first-order valence-electron chi connectivity index (χ1n) is 11.7. The number of aryl methyl sites for hydroxylation is 1. The maximum atomic E-state index is 6.27. The average molecular weight is 466 g/mol. The fourth-order valence-electron chi connectivity index (χ4n) is 5.05. The highest BCUT2D eigenvalue weighted by Gasteiger charge is 2.33. The topological polar surface area (TPSA) is 89.7 Å². The fourth-order valence-corrected chi connectivity index (χ4v) is 5.05. The first kappa shape index (κ1) is 20.0. The van der Waals surface area contributed by atoms with Crippen molar-refractivity contribution in [1.82, 2.24) is 24.6 Å². The van der Waals surface area contributed by atoms with Crippen LogP contribution in [0, 0.1) is 6.92 Å². The smallest absolute Gasteiger partial charge is 0.158 e. The second kappa shape index (κ2) is 7.83. The zero-order valence-corrected chi connectivity index (χ0v) is 19.2. The number of anilines is 3. The van der Waals surface area contributed by atoms with E-state index in [1.165, 1.54) is 19.2 Å². The van der Waals surface area contributed by atoms with Gasteiger partial charge >= 0.3 is 0 Å². The molecule has 5 aromatic rings. The summed E-state index contributed by atoms with van der Waals surface area (Å²) in [5.74, 6) is 3.08. The highest BCUT2D eigenvalue weighted by Crippen LogP contribution is 2.44. The van der Waals surface area contributed by atoms with Gasteiger partial charge < -0.3 is 19.7 Å². The first-order valence-corrected chi connectivity index (χ1v) is 11.7. The number of hydrogen-bond acceptors (Lipinski definition) is 8. The normalized spacial score (nSPS) is 16.7. The summed E-state index contributed by atoms with van der Waals surface area (Å²) >= 11 is 0. The van der Waals surface area contributed by atoms with Gasteiger partial charge in [0.25, 0.3) is 0 Å². The van der Waals surface area contributed by atoms with Gasteiger partial charge in [0, 0.05) is 24.5 Å². The Labute approximate surface area is 201 Å². The van der Waals surface area contributed by atoms with Gasteiger partial charge in [-0.05, 0) is 61.7 Å². The lowest BCUT2D eigenvalue weighted by molar-refractivity contribution is 0.275. The van der Waals surface area contributed by atoms with Crippen LogP contribution in [0.15, 0.2) is 61.3 Å². The number of nitrogens with one attached hydrogen (secondary N) is 1. The molecule has 9 nitrogen and oxygen atoms in total. The molecule has 0 spiro atoms. The molecule has 1 fully saturated rings. The lowest BCUT2D eigenvalue weighted by atomic mass is 10.1. The number of rotatable bonds is 4. The summed E-state index contributed by atoms with van der Waals surface area (Å²) in [4.78, 5) is 15.7. The van der Waals surface area contributed by atoms with E-state index in [1.807, 2.05) is 43.5 Å². The number of nitrogens with zero attached hydrogens (tertiary/aromatic N) is 6. The molecule has 0 amide bonds. The molecule has 174 valence electrons. The summed E-state index contributed by atoms with van der Waals surface area (Å²) in [7, 11) is 0. The molecular formula is C26H23N7O2. The average Bonchev–Trinajstić information content (AvgIpc) is 3.55. The zero-order valence-electron chi connectivity index (χ0n) is 19.2. The minimum absolute atomic E-state index is 0.460. The minimum Gasteiger partial charge on any atom is -0.488 e. The van der Waals surface area contributed by atoms with Crippen LogP contribution in [0.25, 0.3) is 16.6 Å². The molecule has 1 N–H and O–H groups in total. The summed E-state index contributed by atoms with van der Waals surface area (Å²) in [6, 6.07) is 14.4. The number of benzene rings is 2. The number of hydrogen-bond donors (Lipinski definition) is 1. The first-order chi connectivity index (χ1) is 17.2. The third-order valence-corrected chi connectivity index (χ3v) is 6.76. The highest BCUT2D eigenvalue weighted by molar-refractivity contribution is 6.00. The Kier molecular flexibility index (Phi) is 4.48. The third-order valence-electron chi connectivity index (χ3n) is 6.76. The van der Waals surface area contributed by atoms with Gasteiger partial charge in [-0.15, -0.1) is 0 Å². The Morgan fingerprint density at radius 3 is 2.97 bits per heavy atom. The van der Waals surface area contributed by atoms with Crippen molar-refractivity contribution in [3.8, 4) is 17.2 Å². The molecule has 0 radical (unpaired) electrons. The molecule has 0 saturated carbocycles. The molecule has 1 unspecified atom stereocenters. The van der Waals surface area contributed by atoms with Crippen LogP contribution < -0.4 is 19.7 Å². The Hall–Kier alpha value is -4.40. The molecule has 0 bridgehead atoms.